The van der Waals surface area contributed by atoms with Crippen LogP contribution in [-0.4, -0.2) is 20.3 Å². The molecular weight excluding hydrogens is 402 g/mol. The summed E-state index contributed by atoms with van der Waals surface area (Å²) in [6.45, 7) is 3.15. The number of carbonyl (C=O) groups is 1. The molecule has 0 atom stereocenters. The Kier molecular flexibility index (Phi) is 5.07. The number of hydrogen-bond donors (Lipinski definition) is 1. The fraction of sp³-hybridized carbons (Fsp3) is 0.167. The van der Waals surface area contributed by atoms with Gasteiger partial charge < -0.3 is 9.72 Å². The summed E-state index contributed by atoms with van der Waals surface area (Å²) in [4.78, 5) is 19.1. The van der Waals surface area contributed by atoms with E-state index in [1.165, 1.54) is 6.20 Å². The summed E-state index contributed by atoms with van der Waals surface area (Å²) < 4.78 is 78.6. The van der Waals surface area contributed by atoms with E-state index in [0.29, 0.717) is 0 Å². The first-order valence-corrected chi connectivity index (χ1v) is 8.03. The minimum atomic E-state index is -4.72. The molecule has 1 N–H and O–H groups in total. The lowest BCUT2D eigenvalue weighted by molar-refractivity contribution is -0.141. The van der Waals surface area contributed by atoms with E-state index in [9.17, 15) is 31.1 Å². The van der Waals surface area contributed by atoms with Gasteiger partial charge in [0.1, 0.15) is 5.69 Å². The second-order valence-corrected chi connectivity index (χ2v) is 5.93. The highest BCUT2D eigenvalue weighted by molar-refractivity contribution is 5.86. The van der Waals surface area contributed by atoms with Crippen LogP contribution in [0.5, 0.6) is 0 Å². The zero-order chi connectivity index (χ0) is 21.4. The van der Waals surface area contributed by atoms with E-state index in [0.717, 1.165) is 40.9 Å². The second-order valence-electron chi connectivity index (χ2n) is 5.93. The van der Waals surface area contributed by atoms with Crippen LogP contribution in [-0.2, 0) is 23.7 Å². The number of nitrogens with one attached hydrogen (secondary N) is 1. The highest BCUT2D eigenvalue weighted by Gasteiger charge is 2.35. The lowest BCUT2D eigenvalue weighted by Crippen LogP contribution is -2.21. The maximum Gasteiger partial charge on any atom is 0.434 e. The van der Waals surface area contributed by atoms with Crippen molar-refractivity contribution in [2.45, 2.75) is 18.9 Å². The van der Waals surface area contributed by atoms with E-state index >= 15 is 0 Å². The Morgan fingerprint density at radius 1 is 1.03 bits per heavy atom. The molecule has 3 aromatic rings. The lowest BCUT2D eigenvalue weighted by Gasteiger charge is -2.10. The molecule has 5 nitrogen and oxygen atoms in total. The number of fused-ring (bicyclic) bond motifs is 1. The molecule has 0 fully saturated rings. The van der Waals surface area contributed by atoms with Crippen LogP contribution in [0.4, 0.5) is 26.3 Å². The minimum absolute atomic E-state index is 0.0559. The van der Waals surface area contributed by atoms with Crippen molar-refractivity contribution in [3.8, 4) is 11.3 Å². The van der Waals surface area contributed by atoms with Crippen LogP contribution in [0, 0.1) is 0 Å². The first kappa shape index (κ1) is 20.4. The molecule has 0 unspecified atom stereocenters. The van der Waals surface area contributed by atoms with Crippen LogP contribution >= 0.6 is 0 Å². The van der Waals surface area contributed by atoms with Gasteiger partial charge in [0.25, 0.3) is 0 Å². The summed E-state index contributed by atoms with van der Waals surface area (Å²) in [6, 6.07) is 3.79. The Hall–Kier alpha value is -3.37. The zero-order valence-corrected chi connectivity index (χ0v) is 14.5. The van der Waals surface area contributed by atoms with Gasteiger partial charge in [0, 0.05) is 18.0 Å². The highest BCUT2D eigenvalue weighted by Crippen LogP contribution is 2.33. The van der Waals surface area contributed by atoms with Gasteiger partial charge in [0.2, 0.25) is 5.91 Å². The fourth-order valence-electron chi connectivity index (χ4n) is 2.53. The predicted molar refractivity (Wildman–Crippen MR) is 90.5 cm³/mol. The number of aromatic nitrogens is 3. The summed E-state index contributed by atoms with van der Waals surface area (Å²) in [5.41, 5.74) is -2.02. The van der Waals surface area contributed by atoms with E-state index in [2.05, 4.69) is 21.9 Å². The molecule has 2 aromatic heterocycles. The number of hydrogen-bond acceptors (Lipinski definition) is 3. The zero-order valence-electron chi connectivity index (χ0n) is 14.5. The van der Waals surface area contributed by atoms with Crippen LogP contribution < -0.4 is 5.32 Å². The van der Waals surface area contributed by atoms with Crippen LogP contribution in [0.3, 0.4) is 0 Å². The normalized spacial score (nSPS) is 12.2. The molecule has 0 spiro atoms. The summed E-state index contributed by atoms with van der Waals surface area (Å²) in [5.74, 6) is -0.524. The number of benzene rings is 1. The Labute approximate surface area is 159 Å². The van der Waals surface area contributed by atoms with Crippen molar-refractivity contribution in [3.05, 3.63) is 66.3 Å². The van der Waals surface area contributed by atoms with Crippen molar-refractivity contribution in [3.63, 3.8) is 0 Å². The third kappa shape index (κ3) is 4.39. The van der Waals surface area contributed by atoms with E-state index in [1.807, 2.05) is 0 Å². The molecule has 1 amide bonds. The topological polar surface area (TPSA) is 59.3 Å². The standard InChI is InChI=1S/C18H12F6N4O/c1-2-14(29)25-7-12-8-28-9-13(18(22,23)24)27-16(28)15(26-12)10-3-5-11(6-4-10)17(19,20)21/h2-6,8-9H,1,7H2,(H,25,29). The molecule has 0 saturated carbocycles. The number of rotatable bonds is 4. The average Bonchev–Trinajstić information content (AvgIpc) is 3.09. The van der Waals surface area contributed by atoms with Crippen molar-refractivity contribution in [2.24, 2.45) is 0 Å². The van der Waals surface area contributed by atoms with Gasteiger partial charge in [-0.3, -0.25) is 4.79 Å². The average molecular weight is 414 g/mol. The molecule has 0 radical (unpaired) electrons. The third-order valence-corrected chi connectivity index (χ3v) is 3.89. The molecule has 3 rings (SSSR count). The van der Waals surface area contributed by atoms with Crippen molar-refractivity contribution in [2.75, 3.05) is 0 Å². The van der Waals surface area contributed by atoms with Crippen molar-refractivity contribution >= 4 is 11.6 Å². The van der Waals surface area contributed by atoms with Gasteiger partial charge in [-0.05, 0) is 18.2 Å². The summed E-state index contributed by atoms with van der Waals surface area (Å²) >= 11 is 0. The van der Waals surface area contributed by atoms with E-state index in [-0.39, 0.29) is 29.1 Å². The summed E-state index contributed by atoms with van der Waals surface area (Å²) in [6.07, 6.45) is -6.29. The molecule has 1 aromatic carbocycles. The summed E-state index contributed by atoms with van der Waals surface area (Å²) in [5, 5.41) is 2.43. The Bertz CT molecular complexity index is 1070. The van der Waals surface area contributed by atoms with Crippen molar-refractivity contribution < 1.29 is 31.1 Å². The van der Waals surface area contributed by atoms with Crippen LogP contribution in [0.2, 0.25) is 0 Å². The van der Waals surface area contributed by atoms with E-state index in [1.54, 1.807) is 0 Å². The first-order chi connectivity index (χ1) is 13.5. The Balaban J connectivity index is 2.12. The summed E-state index contributed by atoms with van der Waals surface area (Å²) in [7, 11) is 0. The lowest BCUT2D eigenvalue weighted by atomic mass is 10.1. The Morgan fingerprint density at radius 2 is 1.69 bits per heavy atom. The molecule has 152 valence electrons. The number of alkyl halides is 6. The smallest absolute Gasteiger partial charge is 0.347 e. The largest absolute Gasteiger partial charge is 0.434 e. The molecule has 0 aliphatic carbocycles. The minimum Gasteiger partial charge on any atom is -0.347 e. The van der Waals surface area contributed by atoms with Crippen molar-refractivity contribution in [1.82, 2.24) is 19.7 Å². The first-order valence-electron chi connectivity index (χ1n) is 8.03. The van der Waals surface area contributed by atoms with Crippen molar-refractivity contribution in [1.29, 1.82) is 0 Å². The van der Waals surface area contributed by atoms with Gasteiger partial charge in [0.05, 0.1) is 17.8 Å². The SMILES string of the molecule is C=CC(=O)NCc1cn2cc(C(F)(F)F)nc2c(-c2ccc(C(F)(F)F)cc2)n1. The van der Waals surface area contributed by atoms with Gasteiger partial charge in [-0.25, -0.2) is 9.97 Å². The predicted octanol–water partition coefficient (Wildman–Crippen LogP) is 4.24. The van der Waals surface area contributed by atoms with Crippen LogP contribution in [0.15, 0.2) is 49.3 Å². The molecule has 2 heterocycles. The van der Waals surface area contributed by atoms with Gasteiger partial charge >= 0.3 is 12.4 Å². The van der Waals surface area contributed by atoms with Gasteiger partial charge in [-0.15, -0.1) is 0 Å². The molecule has 0 bridgehead atoms. The van der Waals surface area contributed by atoms with Crippen LogP contribution in [0.1, 0.15) is 17.0 Å². The molecule has 11 heteroatoms. The number of amides is 1. The van der Waals surface area contributed by atoms with Gasteiger partial charge in [-0.1, -0.05) is 18.7 Å². The number of halogens is 6. The molecule has 0 saturated heterocycles. The van der Waals surface area contributed by atoms with Crippen LogP contribution in [0.25, 0.3) is 16.9 Å². The monoisotopic (exact) mass is 414 g/mol. The maximum absolute atomic E-state index is 13.1. The highest BCUT2D eigenvalue weighted by atomic mass is 19.4. The molecular formula is C18H12F6N4O. The fourth-order valence-corrected chi connectivity index (χ4v) is 2.53. The van der Waals surface area contributed by atoms with E-state index < -0.39 is 29.5 Å². The Morgan fingerprint density at radius 3 is 2.24 bits per heavy atom. The quantitative estimate of drug-likeness (QED) is 0.513. The number of nitrogens with zero attached hydrogens (tertiary/aromatic N) is 3. The van der Waals surface area contributed by atoms with E-state index in [4.69, 9.17) is 0 Å². The third-order valence-electron chi connectivity index (χ3n) is 3.89. The number of carbonyl (C=O) groups excluding carboxylic acids is 1. The van der Waals surface area contributed by atoms with Gasteiger partial charge in [-0.2, -0.15) is 26.3 Å². The molecule has 0 aliphatic rings. The molecule has 0 aliphatic heterocycles. The maximum atomic E-state index is 13.1. The second kappa shape index (κ2) is 7.22. The molecule has 29 heavy (non-hydrogen) atoms. The van der Waals surface area contributed by atoms with Gasteiger partial charge in [0.15, 0.2) is 11.3 Å². The number of imidazole rings is 1.